The largest absolute Gasteiger partial charge is 0.481 e. The maximum atomic E-state index is 11.9. The molecule has 1 aliphatic rings. The summed E-state index contributed by atoms with van der Waals surface area (Å²) < 4.78 is 10.4. The van der Waals surface area contributed by atoms with Gasteiger partial charge in [0.25, 0.3) is 0 Å². The first-order valence-corrected chi connectivity index (χ1v) is 7.81. The van der Waals surface area contributed by atoms with E-state index >= 15 is 0 Å². The summed E-state index contributed by atoms with van der Waals surface area (Å²) in [5.41, 5.74) is -1.61. The Kier molecular flexibility index (Phi) is 6.23. The first-order chi connectivity index (χ1) is 10.1. The molecule has 0 aromatic carbocycles. The lowest BCUT2D eigenvalue weighted by atomic mass is 9.77. The number of aliphatic carboxylic acids is 1. The van der Waals surface area contributed by atoms with Crippen molar-refractivity contribution in [3.63, 3.8) is 0 Å². The van der Waals surface area contributed by atoms with Gasteiger partial charge in [-0.2, -0.15) is 0 Å². The van der Waals surface area contributed by atoms with Gasteiger partial charge >= 0.3 is 12.1 Å². The molecule has 6 nitrogen and oxygen atoms in total. The molecule has 2 atom stereocenters. The minimum absolute atomic E-state index is 0.0570. The highest BCUT2D eigenvalue weighted by atomic mass is 16.6. The lowest BCUT2D eigenvalue weighted by Crippen LogP contribution is -2.46. The number of alkyl carbamates (subject to hydrolysis) is 1. The summed E-state index contributed by atoms with van der Waals surface area (Å²) in [6.45, 7) is 7.22. The fourth-order valence-electron chi connectivity index (χ4n) is 2.54. The van der Waals surface area contributed by atoms with Crippen molar-refractivity contribution in [2.75, 3.05) is 13.7 Å². The van der Waals surface area contributed by atoms with Gasteiger partial charge in [-0.15, -0.1) is 0 Å². The molecular formula is C16H29NO5. The second-order valence-corrected chi connectivity index (χ2v) is 7.34. The van der Waals surface area contributed by atoms with E-state index in [9.17, 15) is 14.7 Å². The van der Waals surface area contributed by atoms with Gasteiger partial charge in [0.1, 0.15) is 5.60 Å². The SMILES string of the molecule is COC(C)CC(CNC(=O)OC(C)(C)C)(CC1CC1)C(=O)O. The van der Waals surface area contributed by atoms with Crippen LogP contribution in [0.4, 0.5) is 4.79 Å². The van der Waals surface area contributed by atoms with Crippen LogP contribution in [0.1, 0.15) is 53.4 Å². The van der Waals surface area contributed by atoms with E-state index in [2.05, 4.69) is 5.32 Å². The summed E-state index contributed by atoms with van der Waals surface area (Å²) in [5, 5.41) is 12.4. The van der Waals surface area contributed by atoms with Crippen LogP contribution in [0.15, 0.2) is 0 Å². The van der Waals surface area contributed by atoms with Crippen molar-refractivity contribution in [3.8, 4) is 0 Å². The van der Waals surface area contributed by atoms with Crippen molar-refractivity contribution in [2.45, 2.75) is 65.1 Å². The number of methoxy groups -OCH3 is 1. The lowest BCUT2D eigenvalue weighted by Gasteiger charge is -2.32. The number of hydrogen-bond donors (Lipinski definition) is 2. The van der Waals surface area contributed by atoms with Gasteiger partial charge in [-0.05, 0) is 46.5 Å². The third-order valence-electron chi connectivity index (χ3n) is 3.88. The molecule has 1 rings (SSSR count). The monoisotopic (exact) mass is 315 g/mol. The van der Waals surface area contributed by atoms with Crippen molar-refractivity contribution in [2.24, 2.45) is 11.3 Å². The highest BCUT2D eigenvalue weighted by Crippen LogP contribution is 2.43. The summed E-state index contributed by atoms with van der Waals surface area (Å²) in [6.07, 6.45) is 2.28. The second kappa shape index (κ2) is 7.31. The molecule has 0 radical (unpaired) electrons. The van der Waals surface area contributed by atoms with Crippen LogP contribution in [0.3, 0.4) is 0 Å². The van der Waals surface area contributed by atoms with E-state index in [1.807, 2.05) is 6.92 Å². The maximum Gasteiger partial charge on any atom is 0.407 e. The number of carbonyl (C=O) groups excluding carboxylic acids is 1. The van der Waals surface area contributed by atoms with Gasteiger partial charge < -0.3 is 19.9 Å². The number of hydrogen-bond acceptors (Lipinski definition) is 4. The Balaban J connectivity index is 2.74. The molecule has 128 valence electrons. The standard InChI is InChI=1S/C16H29NO5/c1-11(21-5)8-16(13(18)19,9-12-6-7-12)10-17-14(20)22-15(2,3)4/h11-12H,6-10H2,1-5H3,(H,17,20)(H,18,19). The lowest BCUT2D eigenvalue weighted by molar-refractivity contribution is -0.151. The third-order valence-corrected chi connectivity index (χ3v) is 3.88. The van der Waals surface area contributed by atoms with Gasteiger partial charge in [0.2, 0.25) is 0 Å². The van der Waals surface area contributed by atoms with Crippen LogP contribution in [-0.2, 0) is 14.3 Å². The number of ether oxygens (including phenoxy) is 2. The molecule has 6 heteroatoms. The molecule has 2 unspecified atom stereocenters. The summed E-state index contributed by atoms with van der Waals surface area (Å²) in [5.74, 6) is -0.458. The van der Waals surface area contributed by atoms with Gasteiger partial charge in [0.15, 0.2) is 0 Å². The predicted octanol–water partition coefficient (Wildman–Crippen LogP) is 2.81. The number of amides is 1. The quantitative estimate of drug-likeness (QED) is 0.719. The predicted molar refractivity (Wildman–Crippen MR) is 82.7 cm³/mol. The first kappa shape index (κ1) is 18.7. The van der Waals surface area contributed by atoms with Crippen molar-refractivity contribution < 1.29 is 24.2 Å². The number of nitrogens with one attached hydrogen (secondary N) is 1. The molecular weight excluding hydrogens is 286 g/mol. The van der Waals surface area contributed by atoms with Gasteiger partial charge in [-0.1, -0.05) is 12.8 Å². The zero-order chi connectivity index (χ0) is 17.0. The van der Waals surface area contributed by atoms with Gasteiger partial charge in [0, 0.05) is 13.7 Å². The van der Waals surface area contributed by atoms with Crippen LogP contribution in [-0.4, -0.2) is 42.5 Å². The van der Waals surface area contributed by atoms with Gasteiger partial charge in [-0.25, -0.2) is 4.79 Å². The zero-order valence-corrected chi connectivity index (χ0v) is 14.3. The van der Waals surface area contributed by atoms with E-state index in [-0.39, 0.29) is 12.6 Å². The fourth-order valence-corrected chi connectivity index (χ4v) is 2.54. The average Bonchev–Trinajstić information content (AvgIpc) is 3.17. The van der Waals surface area contributed by atoms with Crippen LogP contribution < -0.4 is 5.32 Å². The van der Waals surface area contributed by atoms with Crippen molar-refractivity contribution in [3.05, 3.63) is 0 Å². The Labute approximate surface area is 132 Å². The van der Waals surface area contributed by atoms with E-state index in [1.54, 1.807) is 27.9 Å². The molecule has 1 amide bonds. The molecule has 1 fully saturated rings. The van der Waals surface area contributed by atoms with Crippen LogP contribution in [0.5, 0.6) is 0 Å². The Morgan fingerprint density at radius 2 is 1.91 bits per heavy atom. The highest BCUT2D eigenvalue weighted by molar-refractivity contribution is 5.76. The van der Waals surface area contributed by atoms with Gasteiger partial charge in [-0.3, -0.25) is 4.79 Å². The summed E-state index contributed by atoms with van der Waals surface area (Å²) in [6, 6.07) is 0. The molecule has 1 aliphatic carbocycles. The fraction of sp³-hybridized carbons (Fsp3) is 0.875. The van der Waals surface area contributed by atoms with Crippen LogP contribution >= 0.6 is 0 Å². The Morgan fingerprint density at radius 1 is 1.32 bits per heavy atom. The molecule has 22 heavy (non-hydrogen) atoms. The molecule has 0 spiro atoms. The smallest absolute Gasteiger partial charge is 0.407 e. The maximum absolute atomic E-state index is 11.9. The van der Waals surface area contributed by atoms with Crippen molar-refractivity contribution in [1.29, 1.82) is 0 Å². The molecule has 0 aromatic rings. The van der Waals surface area contributed by atoms with Gasteiger partial charge in [0.05, 0.1) is 11.5 Å². The summed E-state index contributed by atoms with van der Waals surface area (Å²) in [7, 11) is 1.57. The molecule has 0 bridgehead atoms. The Hall–Kier alpha value is -1.30. The molecule has 1 saturated carbocycles. The zero-order valence-electron chi connectivity index (χ0n) is 14.3. The molecule has 2 N–H and O–H groups in total. The Morgan fingerprint density at radius 3 is 2.32 bits per heavy atom. The number of carboxylic acid groups (broad SMARTS) is 1. The van der Waals surface area contributed by atoms with Crippen LogP contribution in [0.2, 0.25) is 0 Å². The third kappa shape index (κ3) is 6.22. The molecule has 0 heterocycles. The number of carboxylic acids is 1. The van der Waals surface area contributed by atoms with Crippen LogP contribution in [0.25, 0.3) is 0 Å². The molecule has 0 aliphatic heterocycles. The number of carbonyl (C=O) groups is 2. The summed E-state index contributed by atoms with van der Waals surface area (Å²) >= 11 is 0. The second-order valence-electron chi connectivity index (χ2n) is 7.34. The minimum atomic E-state index is -1.01. The molecule has 0 aromatic heterocycles. The van der Waals surface area contributed by atoms with Crippen molar-refractivity contribution >= 4 is 12.1 Å². The normalized spacial score (nSPS) is 19.1. The van der Waals surface area contributed by atoms with E-state index in [0.717, 1.165) is 12.8 Å². The van der Waals surface area contributed by atoms with E-state index in [1.165, 1.54) is 0 Å². The molecule has 0 saturated heterocycles. The number of rotatable bonds is 8. The average molecular weight is 315 g/mol. The minimum Gasteiger partial charge on any atom is -0.481 e. The Bertz CT molecular complexity index is 400. The van der Waals surface area contributed by atoms with E-state index in [0.29, 0.717) is 18.8 Å². The topological polar surface area (TPSA) is 84.9 Å². The highest BCUT2D eigenvalue weighted by Gasteiger charge is 2.44. The first-order valence-electron chi connectivity index (χ1n) is 7.81. The van der Waals surface area contributed by atoms with Crippen molar-refractivity contribution in [1.82, 2.24) is 5.32 Å². The van der Waals surface area contributed by atoms with E-state index < -0.39 is 23.1 Å². The summed E-state index contributed by atoms with van der Waals surface area (Å²) in [4.78, 5) is 23.7. The van der Waals surface area contributed by atoms with Crippen LogP contribution in [0, 0.1) is 11.3 Å². The van der Waals surface area contributed by atoms with E-state index in [4.69, 9.17) is 9.47 Å².